The standard InChI is InChI=1S/C16H20N2O2S/c1-11-3-2-6-16(20,8-11)9-17-15(19)12-4-5-13-14(7-12)21-10-18-13/h4-5,7,10-11,20H,2-3,6,8-9H2,1H3,(H,17,19). The first-order valence-corrected chi connectivity index (χ1v) is 8.28. The molecule has 0 spiro atoms. The summed E-state index contributed by atoms with van der Waals surface area (Å²) in [4.78, 5) is 16.4. The second kappa shape index (κ2) is 5.73. The molecule has 2 atom stereocenters. The van der Waals surface area contributed by atoms with Crippen molar-refractivity contribution in [3.63, 3.8) is 0 Å². The van der Waals surface area contributed by atoms with E-state index in [1.165, 1.54) is 11.3 Å². The number of hydrogen-bond donors (Lipinski definition) is 2. The Bertz CT molecular complexity index is 655. The average molecular weight is 304 g/mol. The molecule has 0 saturated heterocycles. The van der Waals surface area contributed by atoms with E-state index in [2.05, 4.69) is 17.2 Å². The van der Waals surface area contributed by atoms with Crippen molar-refractivity contribution in [2.24, 2.45) is 5.92 Å². The number of aliphatic hydroxyl groups is 1. The van der Waals surface area contributed by atoms with Crippen LogP contribution in [0.3, 0.4) is 0 Å². The number of amides is 1. The number of hydrogen-bond acceptors (Lipinski definition) is 4. The highest BCUT2D eigenvalue weighted by Crippen LogP contribution is 2.31. The fraction of sp³-hybridized carbons (Fsp3) is 0.500. The van der Waals surface area contributed by atoms with Crippen LogP contribution in [-0.4, -0.2) is 28.1 Å². The number of rotatable bonds is 3. The van der Waals surface area contributed by atoms with Crippen molar-refractivity contribution >= 4 is 27.5 Å². The number of nitrogens with one attached hydrogen (secondary N) is 1. The van der Waals surface area contributed by atoms with E-state index < -0.39 is 5.60 Å². The Labute approximate surface area is 128 Å². The van der Waals surface area contributed by atoms with Gasteiger partial charge in [-0.25, -0.2) is 4.98 Å². The predicted octanol–water partition coefficient (Wildman–Crippen LogP) is 2.97. The number of fused-ring (bicyclic) bond motifs is 1. The highest BCUT2D eigenvalue weighted by atomic mass is 32.1. The number of aromatic nitrogens is 1. The molecule has 1 aliphatic carbocycles. The fourth-order valence-corrected chi connectivity index (χ4v) is 3.85. The quantitative estimate of drug-likeness (QED) is 0.916. The molecule has 1 saturated carbocycles. The molecule has 1 aromatic heterocycles. The first-order valence-electron chi connectivity index (χ1n) is 7.40. The van der Waals surface area contributed by atoms with Crippen LogP contribution in [0, 0.1) is 5.92 Å². The zero-order valence-corrected chi connectivity index (χ0v) is 12.9. The number of nitrogens with zero attached hydrogens (tertiary/aromatic N) is 1. The predicted molar refractivity (Wildman–Crippen MR) is 84.5 cm³/mol. The second-order valence-electron chi connectivity index (χ2n) is 6.14. The third-order valence-electron chi connectivity index (χ3n) is 4.24. The molecule has 5 heteroatoms. The minimum Gasteiger partial charge on any atom is -0.388 e. The van der Waals surface area contributed by atoms with Gasteiger partial charge in [-0.3, -0.25) is 4.79 Å². The molecular weight excluding hydrogens is 284 g/mol. The molecule has 3 rings (SSSR count). The lowest BCUT2D eigenvalue weighted by Gasteiger charge is -2.35. The van der Waals surface area contributed by atoms with Crippen LogP contribution in [0.4, 0.5) is 0 Å². The highest BCUT2D eigenvalue weighted by Gasteiger charge is 2.32. The van der Waals surface area contributed by atoms with Gasteiger partial charge in [0, 0.05) is 12.1 Å². The summed E-state index contributed by atoms with van der Waals surface area (Å²) >= 11 is 1.52. The monoisotopic (exact) mass is 304 g/mol. The lowest BCUT2D eigenvalue weighted by molar-refractivity contribution is -0.0109. The van der Waals surface area contributed by atoms with Crippen molar-refractivity contribution in [3.05, 3.63) is 29.3 Å². The van der Waals surface area contributed by atoms with Gasteiger partial charge in [-0.15, -0.1) is 11.3 Å². The van der Waals surface area contributed by atoms with Gasteiger partial charge >= 0.3 is 0 Å². The van der Waals surface area contributed by atoms with Gasteiger partial charge < -0.3 is 10.4 Å². The van der Waals surface area contributed by atoms with Gasteiger partial charge in [0.25, 0.3) is 5.91 Å². The molecule has 1 aromatic carbocycles. The molecule has 1 fully saturated rings. The SMILES string of the molecule is CC1CCCC(O)(CNC(=O)c2ccc3ncsc3c2)C1. The van der Waals surface area contributed by atoms with Gasteiger partial charge in [0.15, 0.2) is 0 Å². The van der Waals surface area contributed by atoms with Crippen LogP contribution >= 0.6 is 11.3 Å². The maximum atomic E-state index is 12.2. The van der Waals surface area contributed by atoms with Gasteiger partial charge in [0.05, 0.1) is 21.3 Å². The molecule has 1 heterocycles. The van der Waals surface area contributed by atoms with E-state index in [-0.39, 0.29) is 5.91 Å². The Morgan fingerprint density at radius 1 is 1.57 bits per heavy atom. The van der Waals surface area contributed by atoms with E-state index in [1.54, 1.807) is 11.6 Å². The molecule has 2 N–H and O–H groups in total. The van der Waals surface area contributed by atoms with Crippen molar-refractivity contribution in [1.82, 2.24) is 10.3 Å². The second-order valence-corrected chi connectivity index (χ2v) is 7.03. The van der Waals surface area contributed by atoms with Gasteiger partial charge in [-0.05, 0) is 37.0 Å². The van der Waals surface area contributed by atoms with Crippen LogP contribution in [0.1, 0.15) is 43.0 Å². The van der Waals surface area contributed by atoms with Gasteiger partial charge in [-0.2, -0.15) is 0 Å². The first kappa shape index (κ1) is 14.5. The molecule has 112 valence electrons. The highest BCUT2D eigenvalue weighted by molar-refractivity contribution is 7.16. The Morgan fingerprint density at radius 3 is 3.24 bits per heavy atom. The zero-order chi connectivity index (χ0) is 14.9. The van der Waals surface area contributed by atoms with Crippen LogP contribution in [-0.2, 0) is 0 Å². The summed E-state index contributed by atoms with van der Waals surface area (Å²) in [5.74, 6) is 0.395. The Balaban J connectivity index is 1.65. The molecule has 21 heavy (non-hydrogen) atoms. The van der Waals surface area contributed by atoms with Gasteiger partial charge in [0.1, 0.15) is 0 Å². The molecular formula is C16H20N2O2S. The van der Waals surface area contributed by atoms with Crippen LogP contribution < -0.4 is 5.32 Å². The lowest BCUT2D eigenvalue weighted by Crippen LogP contribution is -2.45. The summed E-state index contributed by atoms with van der Waals surface area (Å²) < 4.78 is 1.01. The van der Waals surface area contributed by atoms with E-state index in [1.807, 2.05) is 12.1 Å². The number of thiazole rings is 1. The molecule has 0 bridgehead atoms. The smallest absolute Gasteiger partial charge is 0.251 e. The zero-order valence-electron chi connectivity index (χ0n) is 12.1. The summed E-state index contributed by atoms with van der Waals surface area (Å²) in [6.45, 7) is 2.49. The van der Waals surface area contributed by atoms with Crippen LogP contribution in [0.5, 0.6) is 0 Å². The minimum absolute atomic E-state index is 0.128. The normalized spacial score (nSPS) is 25.9. The number of carbonyl (C=O) groups excluding carboxylic acids is 1. The van der Waals surface area contributed by atoms with Crippen molar-refractivity contribution in [2.45, 2.75) is 38.2 Å². The number of carbonyl (C=O) groups is 1. The fourth-order valence-electron chi connectivity index (χ4n) is 3.14. The Kier molecular flexibility index (Phi) is 3.95. The van der Waals surface area contributed by atoms with Crippen molar-refractivity contribution in [3.8, 4) is 0 Å². The molecule has 1 amide bonds. The number of benzene rings is 1. The molecule has 2 unspecified atom stereocenters. The summed E-state index contributed by atoms with van der Waals surface area (Å²) in [5.41, 5.74) is 2.57. The lowest BCUT2D eigenvalue weighted by atomic mass is 9.79. The molecule has 0 radical (unpaired) electrons. The molecule has 4 nitrogen and oxygen atoms in total. The van der Waals surface area contributed by atoms with E-state index in [9.17, 15) is 9.90 Å². The summed E-state index contributed by atoms with van der Waals surface area (Å²) in [5, 5.41) is 13.4. The summed E-state index contributed by atoms with van der Waals surface area (Å²) in [7, 11) is 0. The van der Waals surface area contributed by atoms with Crippen LogP contribution in [0.15, 0.2) is 23.7 Å². The maximum absolute atomic E-state index is 12.2. The van der Waals surface area contributed by atoms with Crippen molar-refractivity contribution in [2.75, 3.05) is 6.54 Å². The molecule has 1 aliphatic rings. The maximum Gasteiger partial charge on any atom is 0.251 e. The summed E-state index contributed by atoms with van der Waals surface area (Å²) in [6.07, 6.45) is 3.73. The van der Waals surface area contributed by atoms with E-state index in [0.29, 0.717) is 18.0 Å². The van der Waals surface area contributed by atoms with Crippen molar-refractivity contribution < 1.29 is 9.90 Å². The van der Waals surface area contributed by atoms with Crippen LogP contribution in [0.2, 0.25) is 0 Å². The van der Waals surface area contributed by atoms with E-state index in [0.717, 1.165) is 35.9 Å². The van der Waals surface area contributed by atoms with E-state index >= 15 is 0 Å². The van der Waals surface area contributed by atoms with Crippen molar-refractivity contribution in [1.29, 1.82) is 0 Å². The summed E-state index contributed by atoms with van der Waals surface area (Å²) in [6, 6.07) is 5.50. The Hall–Kier alpha value is -1.46. The molecule has 0 aliphatic heterocycles. The topological polar surface area (TPSA) is 62.2 Å². The minimum atomic E-state index is -0.748. The van der Waals surface area contributed by atoms with Crippen LogP contribution in [0.25, 0.3) is 10.2 Å². The first-order chi connectivity index (χ1) is 10.1. The van der Waals surface area contributed by atoms with E-state index in [4.69, 9.17) is 0 Å². The van der Waals surface area contributed by atoms with Gasteiger partial charge in [-0.1, -0.05) is 19.8 Å². The Morgan fingerprint density at radius 2 is 2.43 bits per heavy atom. The molecule has 2 aromatic rings. The third kappa shape index (κ3) is 3.24. The average Bonchev–Trinajstić information content (AvgIpc) is 2.92. The largest absolute Gasteiger partial charge is 0.388 e. The van der Waals surface area contributed by atoms with Gasteiger partial charge in [0.2, 0.25) is 0 Å². The third-order valence-corrected chi connectivity index (χ3v) is 5.03.